The molecule has 3 aromatic rings. The molecule has 6 heterocycles. The predicted octanol–water partition coefficient (Wildman–Crippen LogP) is 5.35. The molecule has 3 amide bonds. The van der Waals surface area contributed by atoms with E-state index in [1.165, 1.54) is 32.4 Å². The van der Waals surface area contributed by atoms with Crippen LogP contribution in [-0.2, 0) is 19.8 Å². The molecule has 4 aliphatic heterocycles. The second-order valence-corrected chi connectivity index (χ2v) is 16.5. The summed E-state index contributed by atoms with van der Waals surface area (Å²) in [6.07, 6.45) is 13.7. The zero-order chi connectivity index (χ0) is 34.9. The average Bonchev–Trinajstić information content (AvgIpc) is 3.80. The molecule has 2 aliphatic carbocycles. The lowest BCUT2D eigenvalue weighted by atomic mass is 9.73. The third kappa shape index (κ3) is 5.70. The predicted molar refractivity (Wildman–Crippen MR) is 198 cm³/mol. The highest BCUT2D eigenvalue weighted by atomic mass is 16.2. The summed E-state index contributed by atoms with van der Waals surface area (Å²) in [6.45, 7) is 9.14. The van der Waals surface area contributed by atoms with E-state index in [0.29, 0.717) is 63.9 Å². The quantitative estimate of drug-likeness (QED) is 0.318. The number of nitrogens with zero attached hydrogens (tertiary/aromatic N) is 7. The lowest BCUT2D eigenvalue weighted by molar-refractivity contribution is -0.141. The van der Waals surface area contributed by atoms with Gasteiger partial charge in [-0.15, -0.1) is 0 Å². The topological polar surface area (TPSA) is 107 Å². The third-order valence-electron chi connectivity index (χ3n) is 13.0. The number of fused-ring (bicyclic) bond motifs is 3. The van der Waals surface area contributed by atoms with Crippen LogP contribution in [0.4, 0.5) is 11.5 Å². The standard InChI is InChI=1S/C40H52N8O3/c1-26(2)47-24-41-34-23-33(43-37(36(34)47)42-29-7-8-29)28-6-9-32-35(20-28)48(31-21-30(22-31)45-14-4-3-5-15-45)39(51)40(32)12-18-46(19-13-40)38(50)27-10-16-44(25-49)17-11-27/h6,9,20,23-27,29-31H,3-5,7-8,10-19,21-22H2,1-2H3,(H,42,43). The molecule has 3 saturated heterocycles. The molecular formula is C40H52N8O3. The van der Waals surface area contributed by atoms with E-state index in [1.54, 1.807) is 4.90 Å². The number of hydrogen-bond acceptors (Lipinski definition) is 7. The van der Waals surface area contributed by atoms with Crippen LogP contribution >= 0.6 is 0 Å². The largest absolute Gasteiger partial charge is 0.366 e. The molecule has 51 heavy (non-hydrogen) atoms. The smallest absolute Gasteiger partial charge is 0.238 e. The van der Waals surface area contributed by atoms with Gasteiger partial charge < -0.3 is 29.5 Å². The third-order valence-corrected chi connectivity index (χ3v) is 13.0. The van der Waals surface area contributed by atoms with Crippen molar-refractivity contribution in [2.45, 2.75) is 114 Å². The Morgan fingerprint density at radius 2 is 1.69 bits per heavy atom. The van der Waals surface area contributed by atoms with Gasteiger partial charge in [0.05, 0.1) is 23.0 Å². The van der Waals surface area contributed by atoms with E-state index in [-0.39, 0.29) is 29.8 Å². The maximum Gasteiger partial charge on any atom is 0.238 e. The summed E-state index contributed by atoms with van der Waals surface area (Å²) in [5, 5.41) is 3.69. The molecular weight excluding hydrogens is 640 g/mol. The molecule has 2 saturated carbocycles. The number of amides is 3. The molecule has 1 N–H and O–H groups in total. The van der Waals surface area contributed by atoms with E-state index in [0.717, 1.165) is 71.5 Å². The molecule has 0 bridgehead atoms. The Morgan fingerprint density at radius 1 is 0.941 bits per heavy atom. The molecule has 11 heteroatoms. The van der Waals surface area contributed by atoms with Crippen molar-refractivity contribution in [2.24, 2.45) is 5.92 Å². The number of carbonyl (C=O) groups is 3. The number of piperidine rings is 3. The van der Waals surface area contributed by atoms with E-state index in [1.807, 2.05) is 11.2 Å². The molecule has 0 atom stereocenters. The minimum absolute atomic E-state index is 0.0429. The fourth-order valence-electron chi connectivity index (χ4n) is 9.69. The first-order chi connectivity index (χ1) is 24.8. The van der Waals surface area contributed by atoms with Crippen LogP contribution in [0.2, 0.25) is 0 Å². The number of anilines is 2. The summed E-state index contributed by atoms with van der Waals surface area (Å²) in [5.41, 5.74) is 5.39. The zero-order valence-electron chi connectivity index (χ0n) is 30.2. The van der Waals surface area contributed by atoms with Crippen molar-refractivity contribution in [2.75, 3.05) is 49.5 Å². The van der Waals surface area contributed by atoms with Gasteiger partial charge in [0.15, 0.2) is 5.82 Å². The summed E-state index contributed by atoms with van der Waals surface area (Å²) < 4.78 is 2.20. The van der Waals surface area contributed by atoms with Crippen LogP contribution in [0.5, 0.6) is 0 Å². The zero-order valence-corrected chi connectivity index (χ0v) is 30.2. The van der Waals surface area contributed by atoms with E-state index in [9.17, 15) is 14.4 Å². The van der Waals surface area contributed by atoms with Crippen LogP contribution in [0, 0.1) is 5.92 Å². The monoisotopic (exact) mass is 692 g/mol. The summed E-state index contributed by atoms with van der Waals surface area (Å²) in [7, 11) is 0. The molecule has 2 aromatic heterocycles. The number of pyridine rings is 1. The van der Waals surface area contributed by atoms with Gasteiger partial charge in [0, 0.05) is 67.5 Å². The van der Waals surface area contributed by atoms with E-state index >= 15 is 0 Å². The van der Waals surface area contributed by atoms with Gasteiger partial charge in [-0.05, 0) is 109 Å². The number of likely N-dealkylation sites (tertiary alicyclic amines) is 3. The molecule has 270 valence electrons. The van der Waals surface area contributed by atoms with Gasteiger partial charge in [-0.2, -0.15) is 0 Å². The Morgan fingerprint density at radius 3 is 2.37 bits per heavy atom. The number of benzene rings is 1. The van der Waals surface area contributed by atoms with Crippen molar-refractivity contribution in [3.05, 3.63) is 36.2 Å². The molecule has 11 nitrogen and oxygen atoms in total. The highest BCUT2D eigenvalue weighted by Crippen LogP contribution is 2.52. The first-order valence-corrected chi connectivity index (χ1v) is 19.7. The molecule has 5 fully saturated rings. The van der Waals surface area contributed by atoms with Gasteiger partial charge in [0.1, 0.15) is 5.52 Å². The number of hydrogen-bond donors (Lipinski definition) is 1. The van der Waals surface area contributed by atoms with Crippen molar-refractivity contribution in [1.82, 2.24) is 29.2 Å². The Balaban J connectivity index is 1.03. The molecule has 9 rings (SSSR count). The summed E-state index contributed by atoms with van der Waals surface area (Å²) >= 11 is 0. The molecule has 0 radical (unpaired) electrons. The van der Waals surface area contributed by atoms with E-state index in [4.69, 9.17) is 9.97 Å². The fourth-order valence-corrected chi connectivity index (χ4v) is 9.69. The van der Waals surface area contributed by atoms with Crippen LogP contribution in [0.3, 0.4) is 0 Å². The first-order valence-electron chi connectivity index (χ1n) is 19.7. The summed E-state index contributed by atoms with van der Waals surface area (Å²) in [4.78, 5) is 58.4. The van der Waals surface area contributed by atoms with E-state index < -0.39 is 5.41 Å². The second-order valence-electron chi connectivity index (χ2n) is 16.5. The second kappa shape index (κ2) is 12.9. The number of aromatic nitrogens is 3. The molecule has 6 aliphatic rings. The number of rotatable bonds is 8. The van der Waals surface area contributed by atoms with Crippen LogP contribution in [-0.4, -0.2) is 105 Å². The Bertz CT molecular complexity index is 1820. The van der Waals surface area contributed by atoms with Gasteiger partial charge in [-0.25, -0.2) is 9.97 Å². The van der Waals surface area contributed by atoms with Crippen molar-refractivity contribution in [3.8, 4) is 11.3 Å². The molecule has 1 spiro atoms. The number of nitrogens with one attached hydrogen (secondary N) is 1. The Kier molecular flexibility index (Phi) is 8.32. The average molecular weight is 693 g/mol. The van der Waals surface area contributed by atoms with Gasteiger partial charge in [0.2, 0.25) is 18.2 Å². The number of imidazole rings is 1. The van der Waals surface area contributed by atoms with Crippen LogP contribution in [0.25, 0.3) is 22.3 Å². The Hall–Kier alpha value is -3.99. The van der Waals surface area contributed by atoms with Crippen molar-refractivity contribution < 1.29 is 14.4 Å². The van der Waals surface area contributed by atoms with Crippen molar-refractivity contribution in [1.29, 1.82) is 0 Å². The van der Waals surface area contributed by atoms with Gasteiger partial charge >= 0.3 is 0 Å². The van der Waals surface area contributed by atoms with Crippen LogP contribution < -0.4 is 10.2 Å². The summed E-state index contributed by atoms with van der Waals surface area (Å²) in [6, 6.07) is 10.1. The highest BCUT2D eigenvalue weighted by molar-refractivity contribution is 6.09. The molecule has 1 aromatic carbocycles. The maximum absolute atomic E-state index is 14.9. The fraction of sp³-hybridized carbons (Fsp3) is 0.625. The maximum atomic E-state index is 14.9. The van der Waals surface area contributed by atoms with Crippen molar-refractivity contribution in [3.63, 3.8) is 0 Å². The van der Waals surface area contributed by atoms with Gasteiger partial charge in [-0.1, -0.05) is 18.6 Å². The highest BCUT2D eigenvalue weighted by Gasteiger charge is 2.56. The van der Waals surface area contributed by atoms with Crippen molar-refractivity contribution >= 4 is 40.8 Å². The lowest BCUT2D eigenvalue weighted by Crippen LogP contribution is -2.58. The Labute approximate surface area is 300 Å². The lowest BCUT2D eigenvalue weighted by Gasteiger charge is -2.48. The number of carbonyl (C=O) groups excluding carboxylic acids is 3. The minimum Gasteiger partial charge on any atom is -0.366 e. The van der Waals surface area contributed by atoms with Gasteiger partial charge in [0.25, 0.3) is 0 Å². The molecule has 0 unspecified atom stereocenters. The first kappa shape index (κ1) is 32.9. The van der Waals surface area contributed by atoms with Crippen LogP contribution in [0.1, 0.15) is 96.1 Å². The minimum atomic E-state index is -0.617. The SMILES string of the molecule is CC(C)n1cnc2cc(-c3ccc4c(c3)N(C3CC(N5CCCCC5)C3)C(=O)C43CCN(C(=O)C4CCN(C=O)CC4)CC3)nc(NC3CC3)c21. The van der Waals surface area contributed by atoms with E-state index in [2.05, 4.69) is 57.8 Å². The van der Waals surface area contributed by atoms with Crippen LogP contribution in [0.15, 0.2) is 30.6 Å². The summed E-state index contributed by atoms with van der Waals surface area (Å²) in [5.74, 6) is 1.25. The normalized spacial score (nSPS) is 25.5. The van der Waals surface area contributed by atoms with Gasteiger partial charge in [-0.3, -0.25) is 14.4 Å².